The summed E-state index contributed by atoms with van der Waals surface area (Å²) in [6.07, 6.45) is 1.66. The molecule has 0 aliphatic rings. The fourth-order valence-electron chi connectivity index (χ4n) is 4.20. The van der Waals surface area contributed by atoms with Crippen molar-refractivity contribution in [1.29, 1.82) is 0 Å². The molecule has 0 saturated carbocycles. The van der Waals surface area contributed by atoms with E-state index in [1.807, 2.05) is 43.3 Å². The normalized spacial score (nSPS) is 11.4. The monoisotopic (exact) mass is 530 g/mol. The Morgan fingerprint density at radius 2 is 1.59 bits per heavy atom. The zero-order chi connectivity index (χ0) is 26.2. The Balaban J connectivity index is 1.44. The predicted molar refractivity (Wildman–Crippen MR) is 150 cm³/mol. The van der Waals surface area contributed by atoms with Gasteiger partial charge in [0, 0.05) is 21.4 Å². The van der Waals surface area contributed by atoms with Crippen LogP contribution in [0.2, 0.25) is 5.02 Å². The van der Waals surface area contributed by atoms with Crippen LogP contribution in [0.5, 0.6) is 0 Å². The Morgan fingerprint density at radius 3 is 2.27 bits per heavy atom. The average molecular weight is 531 g/mol. The van der Waals surface area contributed by atoms with E-state index < -0.39 is 10.1 Å². The van der Waals surface area contributed by atoms with Gasteiger partial charge in [-0.15, -0.1) is 0 Å². The molecule has 5 aromatic rings. The van der Waals surface area contributed by atoms with E-state index in [-0.39, 0.29) is 4.90 Å². The molecule has 0 saturated heterocycles. The molecule has 186 valence electrons. The zero-order valence-corrected chi connectivity index (χ0v) is 21.3. The number of anilines is 3. The number of hydrogen-bond donors (Lipinski definition) is 4. The van der Waals surface area contributed by atoms with Gasteiger partial charge in [-0.05, 0) is 54.4 Å². The highest BCUT2D eigenvalue weighted by Gasteiger charge is 2.18. The summed E-state index contributed by atoms with van der Waals surface area (Å²) in [6, 6.07) is 25.7. The lowest BCUT2D eigenvalue weighted by Gasteiger charge is -2.16. The number of nitrogens with one attached hydrogen (secondary N) is 2. The molecule has 1 aromatic heterocycles. The van der Waals surface area contributed by atoms with Crippen LogP contribution in [0.4, 0.5) is 17.1 Å². The molecule has 0 bridgehead atoms. The molecule has 0 atom stereocenters. The van der Waals surface area contributed by atoms with E-state index >= 15 is 0 Å². The van der Waals surface area contributed by atoms with Gasteiger partial charge in [-0.3, -0.25) is 20.4 Å². The predicted octanol–water partition coefficient (Wildman–Crippen LogP) is 6.80. The molecule has 5 rings (SSSR count). The fourth-order valence-corrected chi connectivity index (χ4v) is 5.05. The smallest absolute Gasteiger partial charge is 0.295 e. The van der Waals surface area contributed by atoms with E-state index in [0.29, 0.717) is 32.9 Å². The van der Waals surface area contributed by atoms with Crippen LogP contribution in [0.25, 0.3) is 33.2 Å². The van der Waals surface area contributed by atoms with E-state index in [1.54, 1.807) is 30.5 Å². The summed E-state index contributed by atoms with van der Waals surface area (Å²) in [6.45, 7) is 2.03. The van der Waals surface area contributed by atoms with Crippen molar-refractivity contribution in [2.24, 2.45) is 0 Å². The molecule has 5 N–H and O–H groups in total. The maximum absolute atomic E-state index is 12.0. The van der Waals surface area contributed by atoms with Gasteiger partial charge < -0.3 is 5.73 Å². The number of pyridine rings is 1. The molecule has 0 amide bonds. The van der Waals surface area contributed by atoms with E-state index in [2.05, 4.69) is 34.0 Å². The molecule has 7 nitrogen and oxygen atoms in total. The number of benzene rings is 4. The molecule has 9 heteroatoms. The van der Waals surface area contributed by atoms with E-state index in [4.69, 9.17) is 17.3 Å². The Morgan fingerprint density at radius 1 is 0.865 bits per heavy atom. The van der Waals surface area contributed by atoms with Gasteiger partial charge in [0.25, 0.3) is 10.1 Å². The first-order chi connectivity index (χ1) is 17.7. The molecule has 4 aromatic carbocycles. The van der Waals surface area contributed by atoms with Crippen LogP contribution in [-0.4, -0.2) is 18.0 Å². The van der Waals surface area contributed by atoms with Gasteiger partial charge in [0.15, 0.2) is 0 Å². The van der Waals surface area contributed by atoms with Crippen LogP contribution in [-0.2, 0) is 10.1 Å². The van der Waals surface area contributed by atoms with Gasteiger partial charge in [0.1, 0.15) is 4.90 Å². The number of fused-ring (bicyclic) bond motifs is 1. The average Bonchev–Trinajstić information content (AvgIpc) is 2.88. The summed E-state index contributed by atoms with van der Waals surface area (Å²) >= 11 is 6.07. The minimum absolute atomic E-state index is 0.232. The van der Waals surface area contributed by atoms with Crippen LogP contribution >= 0.6 is 11.6 Å². The molecule has 0 fully saturated rings. The fraction of sp³-hybridized carbons (Fsp3) is 0.0357. The van der Waals surface area contributed by atoms with Crippen LogP contribution in [0, 0.1) is 6.92 Å². The number of nitrogens with two attached hydrogens (primary N) is 1. The van der Waals surface area contributed by atoms with Crippen molar-refractivity contribution < 1.29 is 13.0 Å². The lowest BCUT2D eigenvalue weighted by molar-refractivity contribution is 0.484. The molecule has 0 unspecified atom stereocenters. The van der Waals surface area contributed by atoms with Crippen molar-refractivity contribution in [2.75, 3.05) is 16.6 Å². The summed E-state index contributed by atoms with van der Waals surface area (Å²) < 4.78 is 33.7. The molecule has 37 heavy (non-hydrogen) atoms. The van der Waals surface area contributed by atoms with Crippen molar-refractivity contribution in [3.05, 3.63) is 102 Å². The van der Waals surface area contributed by atoms with Crippen molar-refractivity contribution in [2.45, 2.75) is 11.8 Å². The molecular formula is C28H23ClN4O3S. The SMILES string of the molecule is Cc1ccc(-c2ccc(Cl)cc2)c(-c2ccc(NNc3cc(S(=O)(=O)O)c4ccccc4c3N)cn2)c1. The van der Waals surface area contributed by atoms with Gasteiger partial charge in [-0.1, -0.05) is 65.7 Å². The first-order valence-corrected chi connectivity index (χ1v) is 13.2. The van der Waals surface area contributed by atoms with Crippen molar-refractivity contribution in [3.63, 3.8) is 0 Å². The first kappa shape index (κ1) is 24.6. The second-order valence-corrected chi connectivity index (χ2v) is 10.4. The largest absolute Gasteiger partial charge is 0.396 e. The highest BCUT2D eigenvalue weighted by molar-refractivity contribution is 7.86. The summed E-state index contributed by atoms with van der Waals surface area (Å²) in [5.41, 5.74) is 18.5. The van der Waals surface area contributed by atoms with Gasteiger partial charge >= 0.3 is 0 Å². The highest BCUT2D eigenvalue weighted by Crippen LogP contribution is 2.35. The quantitative estimate of drug-likeness (QED) is 0.108. The molecule has 0 aliphatic carbocycles. The number of hydrazine groups is 1. The van der Waals surface area contributed by atoms with E-state index in [9.17, 15) is 13.0 Å². The topological polar surface area (TPSA) is 117 Å². The van der Waals surface area contributed by atoms with Crippen LogP contribution < -0.4 is 16.6 Å². The maximum Gasteiger partial charge on any atom is 0.295 e. The lowest BCUT2D eigenvalue weighted by Crippen LogP contribution is -2.12. The number of rotatable bonds is 6. The van der Waals surface area contributed by atoms with Gasteiger partial charge in [0.05, 0.1) is 29.0 Å². The molecular weight excluding hydrogens is 508 g/mol. The van der Waals surface area contributed by atoms with Crippen LogP contribution in [0.15, 0.2) is 96.0 Å². The standard InChI is InChI=1S/C28H23ClN4O3S/c1-17-6-12-21(18-7-9-19(29)10-8-18)24(14-17)25-13-11-20(16-31-25)32-33-26-15-27(37(34,35)36)22-4-2-3-5-23(22)28(26)30/h2-16,32-33H,30H2,1H3,(H,34,35,36). The van der Waals surface area contributed by atoms with Crippen molar-refractivity contribution in [1.82, 2.24) is 4.98 Å². The number of nitrogen functional groups attached to an aromatic ring is 1. The first-order valence-electron chi connectivity index (χ1n) is 11.3. The minimum atomic E-state index is -4.46. The summed E-state index contributed by atoms with van der Waals surface area (Å²) in [4.78, 5) is 4.41. The summed E-state index contributed by atoms with van der Waals surface area (Å²) in [5, 5.41) is 1.52. The Labute approximate surface area is 219 Å². The number of hydrogen-bond acceptors (Lipinski definition) is 6. The third kappa shape index (κ3) is 5.08. The van der Waals surface area contributed by atoms with Crippen molar-refractivity contribution in [3.8, 4) is 22.4 Å². The minimum Gasteiger partial charge on any atom is -0.396 e. The molecule has 0 spiro atoms. The van der Waals surface area contributed by atoms with E-state index in [0.717, 1.165) is 27.9 Å². The molecule has 1 heterocycles. The number of halogens is 1. The van der Waals surface area contributed by atoms with Crippen LogP contribution in [0.3, 0.4) is 0 Å². The second-order valence-electron chi connectivity index (χ2n) is 8.59. The third-order valence-electron chi connectivity index (χ3n) is 6.04. The third-order valence-corrected chi connectivity index (χ3v) is 7.18. The number of nitrogens with zero attached hydrogens (tertiary/aromatic N) is 1. The van der Waals surface area contributed by atoms with Gasteiger partial charge in [0.2, 0.25) is 0 Å². The Bertz CT molecular complexity index is 1720. The number of aromatic nitrogens is 1. The Hall–Kier alpha value is -4.11. The number of aryl methyl sites for hydroxylation is 1. The summed E-state index contributed by atoms with van der Waals surface area (Å²) in [5.74, 6) is 0. The highest BCUT2D eigenvalue weighted by atomic mass is 35.5. The van der Waals surface area contributed by atoms with Gasteiger partial charge in [-0.25, -0.2) is 0 Å². The Kier molecular flexibility index (Phi) is 6.47. The summed E-state index contributed by atoms with van der Waals surface area (Å²) in [7, 11) is -4.46. The van der Waals surface area contributed by atoms with Gasteiger partial charge in [-0.2, -0.15) is 8.42 Å². The molecule has 0 radical (unpaired) electrons. The second kappa shape index (κ2) is 9.74. The molecule has 0 aliphatic heterocycles. The maximum atomic E-state index is 12.0. The van der Waals surface area contributed by atoms with Crippen LogP contribution in [0.1, 0.15) is 5.56 Å². The zero-order valence-electron chi connectivity index (χ0n) is 19.7. The van der Waals surface area contributed by atoms with E-state index in [1.165, 1.54) is 6.07 Å². The van der Waals surface area contributed by atoms with Crippen molar-refractivity contribution >= 4 is 49.6 Å². The lowest BCUT2D eigenvalue weighted by atomic mass is 9.95.